The number of rotatable bonds is 4. The number of pyridine rings is 1. The number of aromatic nitrogens is 1. The number of hydrogen-bond donors (Lipinski definition) is 2. The zero-order chi connectivity index (χ0) is 18.9. The van der Waals surface area contributed by atoms with E-state index in [4.69, 9.17) is 16.9 Å². The van der Waals surface area contributed by atoms with Crippen molar-refractivity contribution >= 4 is 23.3 Å². The van der Waals surface area contributed by atoms with Gasteiger partial charge in [-0.25, -0.2) is 4.98 Å². The lowest BCUT2D eigenvalue weighted by Crippen LogP contribution is -2.25. The summed E-state index contributed by atoms with van der Waals surface area (Å²) >= 11 is 6.83. The van der Waals surface area contributed by atoms with Gasteiger partial charge in [-0.15, -0.1) is 0 Å². The second kappa shape index (κ2) is 7.05. The summed E-state index contributed by atoms with van der Waals surface area (Å²) in [5, 5.41) is 15.4. The number of benzene rings is 1. The number of carbonyl (C=O) groups is 1. The van der Waals surface area contributed by atoms with Crippen LogP contribution in [0.4, 0.5) is 5.82 Å². The number of fused-ring (bicyclic) bond motifs is 2. The predicted octanol–water partition coefficient (Wildman–Crippen LogP) is 4.06. The van der Waals surface area contributed by atoms with E-state index in [1.165, 1.54) is 0 Å². The highest BCUT2D eigenvalue weighted by atomic mass is 35.5. The van der Waals surface area contributed by atoms with Crippen LogP contribution in [0.25, 0.3) is 11.1 Å². The van der Waals surface area contributed by atoms with E-state index in [1.54, 1.807) is 18.3 Å². The Hall–Kier alpha value is -2.84. The first-order valence-electron chi connectivity index (χ1n) is 8.98. The molecule has 136 valence electrons. The molecule has 2 aliphatic rings. The van der Waals surface area contributed by atoms with Crippen LogP contribution in [0.5, 0.6) is 0 Å². The molecule has 0 atom stereocenters. The topological polar surface area (TPSA) is 77.8 Å². The SMILES string of the molecule is N#CCCNC(=O)c1ccc(-c2cnc3c(c2Cl)C2(CC=CC2)CN3)cc1. The summed E-state index contributed by atoms with van der Waals surface area (Å²) in [6.45, 7) is 1.20. The first-order chi connectivity index (χ1) is 13.1. The molecule has 1 aliphatic carbocycles. The molecule has 5 nitrogen and oxygen atoms in total. The van der Waals surface area contributed by atoms with E-state index in [9.17, 15) is 4.79 Å². The molecule has 0 fully saturated rings. The van der Waals surface area contributed by atoms with Gasteiger partial charge in [0.05, 0.1) is 17.5 Å². The van der Waals surface area contributed by atoms with E-state index in [1.807, 2.05) is 18.2 Å². The van der Waals surface area contributed by atoms with E-state index in [0.29, 0.717) is 18.5 Å². The van der Waals surface area contributed by atoms with Crippen molar-refractivity contribution in [2.45, 2.75) is 24.7 Å². The van der Waals surface area contributed by atoms with Gasteiger partial charge in [0, 0.05) is 41.4 Å². The number of allylic oxidation sites excluding steroid dienone is 2. The number of hydrogen-bond acceptors (Lipinski definition) is 4. The summed E-state index contributed by atoms with van der Waals surface area (Å²) in [7, 11) is 0. The van der Waals surface area contributed by atoms with Gasteiger partial charge < -0.3 is 10.6 Å². The Balaban J connectivity index is 1.62. The van der Waals surface area contributed by atoms with Crippen molar-refractivity contribution in [2.75, 3.05) is 18.4 Å². The number of anilines is 1. The molecule has 0 radical (unpaired) electrons. The lowest BCUT2D eigenvalue weighted by atomic mass is 9.80. The van der Waals surface area contributed by atoms with Gasteiger partial charge in [-0.2, -0.15) is 5.26 Å². The van der Waals surface area contributed by atoms with Crippen LogP contribution in [0, 0.1) is 11.3 Å². The number of amides is 1. The maximum absolute atomic E-state index is 12.1. The van der Waals surface area contributed by atoms with Crippen molar-refractivity contribution in [3.05, 3.63) is 58.8 Å². The normalized spacial score (nSPS) is 16.0. The van der Waals surface area contributed by atoms with E-state index < -0.39 is 0 Å². The fourth-order valence-corrected chi connectivity index (χ4v) is 4.28. The average Bonchev–Trinajstić information content (AvgIpc) is 3.31. The van der Waals surface area contributed by atoms with Crippen LogP contribution in [0.3, 0.4) is 0 Å². The Morgan fingerprint density at radius 1 is 1.30 bits per heavy atom. The first-order valence-corrected chi connectivity index (χ1v) is 9.36. The minimum absolute atomic E-state index is 0.00992. The van der Waals surface area contributed by atoms with Crippen molar-refractivity contribution in [2.24, 2.45) is 0 Å². The van der Waals surface area contributed by atoms with Gasteiger partial charge in [-0.3, -0.25) is 4.79 Å². The van der Waals surface area contributed by atoms with Crippen molar-refractivity contribution in [1.29, 1.82) is 5.26 Å². The van der Waals surface area contributed by atoms with Gasteiger partial charge in [-0.1, -0.05) is 35.9 Å². The molecule has 0 unspecified atom stereocenters. The van der Waals surface area contributed by atoms with Gasteiger partial charge in [0.25, 0.3) is 5.91 Å². The third-order valence-electron chi connectivity index (χ3n) is 5.30. The predicted molar refractivity (Wildman–Crippen MR) is 106 cm³/mol. The zero-order valence-corrected chi connectivity index (χ0v) is 15.5. The van der Waals surface area contributed by atoms with Crippen LogP contribution < -0.4 is 10.6 Å². The average molecular weight is 379 g/mol. The van der Waals surface area contributed by atoms with Gasteiger partial charge >= 0.3 is 0 Å². The second-order valence-corrected chi connectivity index (χ2v) is 7.34. The molecule has 2 aromatic rings. The highest BCUT2D eigenvalue weighted by Crippen LogP contribution is 2.49. The van der Waals surface area contributed by atoms with Gasteiger partial charge in [0.15, 0.2) is 0 Å². The molecule has 1 aromatic carbocycles. The van der Waals surface area contributed by atoms with Gasteiger partial charge in [-0.05, 0) is 30.5 Å². The third kappa shape index (κ3) is 3.07. The highest BCUT2D eigenvalue weighted by Gasteiger charge is 2.42. The van der Waals surface area contributed by atoms with Gasteiger partial charge in [0.2, 0.25) is 0 Å². The number of nitrogens with zero attached hydrogens (tertiary/aromatic N) is 2. The third-order valence-corrected chi connectivity index (χ3v) is 5.70. The van der Waals surface area contributed by atoms with Crippen LogP contribution >= 0.6 is 11.6 Å². The summed E-state index contributed by atoms with van der Waals surface area (Å²) in [6.07, 6.45) is 8.45. The molecule has 2 heterocycles. The maximum Gasteiger partial charge on any atom is 0.251 e. The van der Waals surface area contributed by atoms with E-state index in [2.05, 4.69) is 27.8 Å². The molecule has 1 aromatic heterocycles. The standard InChI is InChI=1S/C21H19ClN4O/c22-18-16(12-25-19-17(18)21(13-26-19)8-1-2-9-21)14-4-6-15(7-5-14)20(27)24-11-3-10-23/h1-2,4-7,12H,3,8-9,11,13H2,(H,24,27)(H,25,26). The Morgan fingerprint density at radius 3 is 2.74 bits per heavy atom. The lowest BCUT2D eigenvalue weighted by molar-refractivity contribution is 0.0954. The van der Waals surface area contributed by atoms with E-state index in [-0.39, 0.29) is 11.3 Å². The Bertz CT molecular complexity index is 951. The van der Waals surface area contributed by atoms with Crippen LogP contribution in [0.2, 0.25) is 5.02 Å². The van der Waals surface area contributed by atoms with Crippen molar-refractivity contribution < 1.29 is 4.79 Å². The molecule has 1 amide bonds. The molecule has 2 N–H and O–H groups in total. The first kappa shape index (κ1) is 17.6. The van der Waals surface area contributed by atoms with Crippen molar-refractivity contribution in [3.8, 4) is 17.2 Å². The van der Waals surface area contributed by atoms with Crippen molar-refractivity contribution in [1.82, 2.24) is 10.3 Å². The fraction of sp³-hybridized carbons (Fsp3) is 0.286. The Labute approximate surface area is 163 Å². The summed E-state index contributed by atoms with van der Waals surface area (Å²) in [5.41, 5.74) is 3.47. The summed E-state index contributed by atoms with van der Waals surface area (Å²) in [4.78, 5) is 16.7. The minimum Gasteiger partial charge on any atom is -0.369 e. The van der Waals surface area contributed by atoms with Crippen molar-refractivity contribution in [3.63, 3.8) is 0 Å². The molecule has 6 heteroatoms. The fourth-order valence-electron chi connectivity index (χ4n) is 3.83. The highest BCUT2D eigenvalue weighted by molar-refractivity contribution is 6.34. The van der Waals surface area contributed by atoms with Crippen LogP contribution in [-0.4, -0.2) is 24.0 Å². The molecule has 4 rings (SSSR count). The number of carbonyl (C=O) groups excluding carboxylic acids is 1. The lowest BCUT2D eigenvalue weighted by Gasteiger charge is -2.24. The summed E-state index contributed by atoms with van der Waals surface area (Å²) in [5.74, 6) is 0.691. The van der Waals surface area contributed by atoms with Crippen LogP contribution in [-0.2, 0) is 5.41 Å². The number of halogens is 1. The van der Waals surface area contributed by atoms with E-state index in [0.717, 1.165) is 46.9 Å². The van der Waals surface area contributed by atoms with Crippen LogP contribution in [0.15, 0.2) is 42.6 Å². The molecule has 1 spiro atoms. The zero-order valence-electron chi connectivity index (χ0n) is 14.8. The molecule has 0 bridgehead atoms. The number of nitriles is 1. The second-order valence-electron chi connectivity index (χ2n) is 6.96. The molecule has 1 aliphatic heterocycles. The molecular weight excluding hydrogens is 360 g/mol. The summed E-state index contributed by atoms with van der Waals surface area (Å²) < 4.78 is 0. The quantitative estimate of drug-likeness (QED) is 0.621. The molecule has 0 saturated heterocycles. The Kier molecular flexibility index (Phi) is 4.59. The Morgan fingerprint density at radius 2 is 2.04 bits per heavy atom. The smallest absolute Gasteiger partial charge is 0.251 e. The maximum atomic E-state index is 12.1. The monoisotopic (exact) mass is 378 g/mol. The minimum atomic E-state index is -0.185. The number of nitrogens with one attached hydrogen (secondary N) is 2. The van der Waals surface area contributed by atoms with Gasteiger partial charge in [0.1, 0.15) is 5.82 Å². The molecule has 27 heavy (non-hydrogen) atoms. The van der Waals surface area contributed by atoms with E-state index >= 15 is 0 Å². The largest absolute Gasteiger partial charge is 0.369 e. The summed E-state index contributed by atoms with van der Waals surface area (Å²) in [6, 6.07) is 9.32. The molecule has 0 saturated carbocycles. The van der Waals surface area contributed by atoms with Crippen LogP contribution in [0.1, 0.15) is 35.2 Å². The molecular formula is C21H19ClN4O.